The Morgan fingerprint density at radius 1 is 1.00 bits per heavy atom. The number of hydrogen-bond acceptors (Lipinski definition) is 2. The fourth-order valence-electron chi connectivity index (χ4n) is 0.715. The van der Waals surface area contributed by atoms with Crippen molar-refractivity contribution in [2.45, 2.75) is 46.0 Å². The van der Waals surface area contributed by atoms with Gasteiger partial charge in [-0.3, -0.25) is 4.57 Å². The van der Waals surface area contributed by atoms with Crippen LogP contribution in [0.3, 0.4) is 0 Å². The second-order valence-electron chi connectivity index (χ2n) is 3.12. The van der Waals surface area contributed by atoms with E-state index >= 15 is 0 Å². The summed E-state index contributed by atoms with van der Waals surface area (Å²) in [6, 6.07) is 0. The van der Waals surface area contributed by atoms with Crippen LogP contribution in [0.1, 0.15) is 46.0 Å². The first-order valence-corrected chi connectivity index (χ1v) is 6.93. The Bertz CT molecular complexity index is 138. The van der Waals surface area contributed by atoms with Gasteiger partial charge in [-0.15, -0.1) is 0 Å². The second-order valence-corrected chi connectivity index (χ2v) is 5.08. The first kappa shape index (κ1) is 16.5. The van der Waals surface area contributed by atoms with E-state index in [1.165, 1.54) is 32.6 Å². The molecule has 0 spiro atoms. The lowest BCUT2D eigenvalue weighted by Gasteiger charge is -1.93. The van der Waals surface area contributed by atoms with Crippen molar-refractivity contribution in [2.24, 2.45) is 0 Å². The largest absolute Gasteiger partial charge is 0.396 e. The number of rotatable bonds is 6. The average molecular weight is 226 g/mol. The molecule has 0 fully saturated rings. The third-order valence-electron chi connectivity index (χ3n) is 1.67. The Kier molecular flexibility index (Phi) is 13.2. The van der Waals surface area contributed by atoms with E-state index in [1.807, 2.05) is 0 Å². The van der Waals surface area contributed by atoms with Crippen LogP contribution in [-0.2, 0) is 4.57 Å². The zero-order valence-corrected chi connectivity index (χ0v) is 10.0. The Morgan fingerprint density at radius 3 is 1.71 bits per heavy atom. The maximum atomic E-state index is 9.69. The molecule has 0 bridgehead atoms. The highest BCUT2D eigenvalue weighted by Crippen LogP contribution is 2.32. The predicted molar refractivity (Wildman–Crippen MR) is 58.4 cm³/mol. The third-order valence-corrected chi connectivity index (χ3v) is 2.50. The molecule has 0 heterocycles. The number of hydrogen-bond donors (Lipinski definition) is 3. The van der Waals surface area contributed by atoms with Crippen molar-refractivity contribution in [1.29, 1.82) is 0 Å². The topological polar surface area (TPSA) is 77.8 Å². The zero-order valence-electron chi connectivity index (χ0n) is 9.15. The predicted octanol–water partition coefficient (Wildman–Crippen LogP) is 2.13. The van der Waals surface area contributed by atoms with Gasteiger partial charge in [0.25, 0.3) is 0 Å². The molecule has 3 N–H and O–H groups in total. The molecule has 0 aliphatic carbocycles. The Labute approximate surface area is 86.5 Å². The molecule has 0 radical (unpaired) electrons. The lowest BCUT2D eigenvalue weighted by molar-refractivity contribution is 0.282. The molecule has 0 aromatic heterocycles. The molecule has 0 saturated heterocycles. The number of aliphatic hydroxyl groups excluding tert-OH is 1. The van der Waals surface area contributed by atoms with Gasteiger partial charge in [0.15, 0.2) is 0 Å². The van der Waals surface area contributed by atoms with E-state index in [9.17, 15) is 4.57 Å². The van der Waals surface area contributed by atoms with Crippen molar-refractivity contribution in [3.8, 4) is 0 Å². The Hall–Kier alpha value is 0.110. The summed E-state index contributed by atoms with van der Waals surface area (Å²) in [4.78, 5) is 15.9. The Morgan fingerprint density at radius 2 is 1.43 bits per heavy atom. The van der Waals surface area contributed by atoms with Gasteiger partial charge in [0.2, 0.25) is 0 Å². The fourth-order valence-corrected chi connectivity index (χ4v) is 0.715. The van der Waals surface area contributed by atoms with Gasteiger partial charge in [-0.1, -0.05) is 39.5 Å². The molecule has 0 aliphatic heterocycles. The van der Waals surface area contributed by atoms with Gasteiger partial charge in [-0.05, 0) is 6.42 Å². The van der Waals surface area contributed by atoms with Gasteiger partial charge in [0.1, 0.15) is 0 Å². The smallest absolute Gasteiger partial charge is 0.325 e. The maximum absolute atomic E-state index is 9.69. The quantitative estimate of drug-likeness (QED) is 0.479. The average Bonchev–Trinajstić information content (AvgIpc) is 2.13. The number of aliphatic hydroxyl groups is 1. The van der Waals surface area contributed by atoms with Crippen LogP contribution in [0.4, 0.5) is 0 Å². The fraction of sp³-hybridized carbons (Fsp3) is 1.00. The summed E-state index contributed by atoms with van der Waals surface area (Å²) in [5.41, 5.74) is 0. The van der Waals surface area contributed by atoms with Crippen LogP contribution in [-0.4, -0.2) is 27.7 Å². The molecule has 4 nitrogen and oxygen atoms in total. The number of unbranched alkanes of at least 4 members (excludes halogenated alkanes) is 4. The minimum atomic E-state index is -3.65. The third kappa shape index (κ3) is 22.7. The minimum absolute atomic E-state index is 0.0625. The lowest BCUT2D eigenvalue weighted by atomic mass is 10.2. The van der Waals surface area contributed by atoms with Crippen LogP contribution < -0.4 is 0 Å². The highest BCUT2D eigenvalue weighted by molar-refractivity contribution is 7.51. The van der Waals surface area contributed by atoms with Gasteiger partial charge in [0.05, 0.1) is 0 Å². The summed E-state index contributed by atoms with van der Waals surface area (Å²) in [6.45, 7) is 4.00. The van der Waals surface area contributed by atoms with Gasteiger partial charge in [-0.25, -0.2) is 0 Å². The zero-order chi connectivity index (χ0) is 11.4. The van der Waals surface area contributed by atoms with E-state index in [0.29, 0.717) is 6.61 Å². The Balaban J connectivity index is 0. The van der Waals surface area contributed by atoms with Gasteiger partial charge in [-0.2, -0.15) is 0 Å². The van der Waals surface area contributed by atoms with Crippen LogP contribution in [0.25, 0.3) is 0 Å². The van der Waals surface area contributed by atoms with E-state index in [0.717, 1.165) is 6.42 Å². The SMILES string of the molecule is CCCCCCCO.CCP(=O)(O)O. The molecular formula is C9H23O4P. The molecule has 0 saturated carbocycles. The second kappa shape index (κ2) is 11.2. The van der Waals surface area contributed by atoms with Crippen LogP contribution in [0.15, 0.2) is 0 Å². The van der Waals surface area contributed by atoms with Gasteiger partial charge >= 0.3 is 7.60 Å². The molecule has 88 valence electrons. The van der Waals surface area contributed by atoms with E-state index in [-0.39, 0.29) is 6.16 Å². The minimum Gasteiger partial charge on any atom is -0.396 e. The summed E-state index contributed by atoms with van der Waals surface area (Å²) in [6.07, 6.45) is 6.01. The summed E-state index contributed by atoms with van der Waals surface area (Å²) in [7, 11) is -3.65. The van der Waals surface area contributed by atoms with Crippen LogP contribution >= 0.6 is 7.60 Å². The van der Waals surface area contributed by atoms with Gasteiger partial charge < -0.3 is 14.9 Å². The molecule has 0 aliphatic rings. The van der Waals surface area contributed by atoms with E-state index in [1.54, 1.807) is 0 Å². The monoisotopic (exact) mass is 226 g/mol. The molecule has 14 heavy (non-hydrogen) atoms. The molecule has 0 rings (SSSR count). The maximum Gasteiger partial charge on any atom is 0.325 e. The van der Waals surface area contributed by atoms with Gasteiger partial charge in [0, 0.05) is 12.8 Å². The van der Waals surface area contributed by atoms with Crippen LogP contribution in [0.5, 0.6) is 0 Å². The van der Waals surface area contributed by atoms with E-state index in [4.69, 9.17) is 14.9 Å². The van der Waals surface area contributed by atoms with Crippen molar-refractivity contribution in [1.82, 2.24) is 0 Å². The summed E-state index contributed by atoms with van der Waals surface area (Å²) in [5.74, 6) is 0. The molecular weight excluding hydrogens is 203 g/mol. The standard InChI is InChI=1S/C7H16O.C2H7O3P/c1-2-3-4-5-6-7-8;1-2-6(3,4)5/h8H,2-7H2,1H3;2H2,1H3,(H2,3,4,5). The summed E-state index contributed by atoms with van der Waals surface area (Å²) in [5, 5.41) is 8.37. The lowest BCUT2D eigenvalue weighted by Crippen LogP contribution is -1.81. The molecule has 0 amide bonds. The first-order valence-electron chi connectivity index (χ1n) is 5.13. The van der Waals surface area contributed by atoms with Crippen LogP contribution in [0, 0.1) is 0 Å². The molecule has 0 aromatic rings. The highest BCUT2D eigenvalue weighted by atomic mass is 31.2. The summed E-state index contributed by atoms with van der Waals surface area (Å²) < 4.78 is 9.69. The van der Waals surface area contributed by atoms with Crippen molar-refractivity contribution in [3.63, 3.8) is 0 Å². The highest BCUT2D eigenvalue weighted by Gasteiger charge is 2.05. The normalized spacial score (nSPS) is 10.6. The van der Waals surface area contributed by atoms with E-state index < -0.39 is 7.60 Å². The van der Waals surface area contributed by atoms with Crippen molar-refractivity contribution in [3.05, 3.63) is 0 Å². The molecule has 5 heteroatoms. The van der Waals surface area contributed by atoms with E-state index in [2.05, 4.69) is 6.92 Å². The van der Waals surface area contributed by atoms with Crippen LogP contribution in [0.2, 0.25) is 0 Å². The molecule has 0 aromatic carbocycles. The first-order chi connectivity index (χ1) is 6.47. The summed E-state index contributed by atoms with van der Waals surface area (Å²) >= 11 is 0. The van der Waals surface area contributed by atoms with Crippen molar-refractivity contribution >= 4 is 7.60 Å². The van der Waals surface area contributed by atoms with Crippen molar-refractivity contribution in [2.75, 3.05) is 12.8 Å². The molecule has 0 unspecified atom stereocenters. The molecule has 0 atom stereocenters. The van der Waals surface area contributed by atoms with Crippen molar-refractivity contribution < 1.29 is 19.5 Å².